The zero-order valence-electron chi connectivity index (χ0n) is 13.3. The van der Waals surface area contributed by atoms with E-state index in [-0.39, 0.29) is 5.97 Å². The maximum Gasteiger partial charge on any atom is 0.326 e. The third kappa shape index (κ3) is 3.73. The monoisotopic (exact) mass is 282 g/mol. The van der Waals surface area contributed by atoms with Gasteiger partial charge in [-0.1, -0.05) is 6.92 Å². The van der Waals surface area contributed by atoms with Gasteiger partial charge in [-0.3, -0.25) is 10.1 Å². The Hall–Kier alpha value is -0.610. The molecule has 2 unspecified atom stereocenters. The Labute approximate surface area is 123 Å². The molecular weight excluding hydrogens is 252 g/mol. The third-order valence-corrected chi connectivity index (χ3v) is 4.65. The lowest BCUT2D eigenvalue weighted by molar-refractivity contribution is -0.154. The van der Waals surface area contributed by atoms with Gasteiger partial charge < -0.3 is 9.64 Å². The van der Waals surface area contributed by atoms with Crippen molar-refractivity contribution in [2.75, 3.05) is 20.2 Å². The average Bonchev–Trinajstić information content (AvgIpc) is 3.23. The van der Waals surface area contributed by atoms with Crippen molar-refractivity contribution >= 4 is 5.97 Å². The molecule has 2 saturated carbocycles. The fourth-order valence-corrected chi connectivity index (χ4v) is 3.42. The first-order chi connectivity index (χ1) is 9.61. The Morgan fingerprint density at radius 2 is 2.10 bits per heavy atom. The highest BCUT2D eigenvalue weighted by atomic mass is 16.5. The molecule has 0 spiro atoms. The van der Waals surface area contributed by atoms with E-state index in [0.29, 0.717) is 18.7 Å². The molecular formula is C16H30N2O2. The zero-order chi connectivity index (χ0) is 14.6. The van der Waals surface area contributed by atoms with Crippen LogP contribution in [-0.2, 0) is 9.53 Å². The van der Waals surface area contributed by atoms with Gasteiger partial charge in [0.1, 0.15) is 5.54 Å². The summed E-state index contributed by atoms with van der Waals surface area (Å²) in [6.07, 6.45) is 7.71. The van der Waals surface area contributed by atoms with Crippen LogP contribution < -0.4 is 5.32 Å². The standard InChI is InChI=1S/C16H30N2O2/c1-4-11-18(3)14-7-6-10-16(12-14,15(19)20-5-2)17-13-8-9-13/h13-14,17H,4-12H2,1-3H3. The van der Waals surface area contributed by atoms with Crippen LogP contribution in [-0.4, -0.2) is 48.7 Å². The van der Waals surface area contributed by atoms with Gasteiger partial charge in [-0.15, -0.1) is 0 Å². The van der Waals surface area contributed by atoms with Gasteiger partial charge >= 0.3 is 5.97 Å². The van der Waals surface area contributed by atoms with Crippen molar-refractivity contribution in [3.05, 3.63) is 0 Å². The first kappa shape index (κ1) is 15.8. The van der Waals surface area contributed by atoms with E-state index in [2.05, 4.69) is 24.2 Å². The third-order valence-electron chi connectivity index (χ3n) is 4.65. The molecule has 2 fully saturated rings. The number of carbonyl (C=O) groups excluding carboxylic acids is 1. The first-order valence-electron chi connectivity index (χ1n) is 8.26. The van der Waals surface area contributed by atoms with Crippen LogP contribution in [0.1, 0.15) is 58.8 Å². The van der Waals surface area contributed by atoms with Crippen LogP contribution in [0.4, 0.5) is 0 Å². The molecule has 20 heavy (non-hydrogen) atoms. The molecule has 0 aromatic heterocycles. The van der Waals surface area contributed by atoms with E-state index in [0.717, 1.165) is 32.2 Å². The van der Waals surface area contributed by atoms with E-state index in [9.17, 15) is 4.79 Å². The van der Waals surface area contributed by atoms with Crippen LogP contribution >= 0.6 is 0 Å². The molecule has 1 N–H and O–H groups in total. The number of carbonyl (C=O) groups is 1. The molecule has 0 aromatic rings. The Morgan fingerprint density at radius 1 is 1.35 bits per heavy atom. The highest BCUT2D eigenvalue weighted by molar-refractivity contribution is 5.81. The first-order valence-corrected chi connectivity index (χ1v) is 8.26. The summed E-state index contributed by atoms with van der Waals surface area (Å²) in [6.45, 7) is 5.68. The summed E-state index contributed by atoms with van der Waals surface area (Å²) in [7, 11) is 2.19. The smallest absolute Gasteiger partial charge is 0.326 e. The Kier molecular flexibility index (Phi) is 5.44. The van der Waals surface area contributed by atoms with E-state index in [1.165, 1.54) is 19.3 Å². The lowest BCUT2D eigenvalue weighted by Gasteiger charge is -2.42. The van der Waals surface area contributed by atoms with Gasteiger partial charge in [-0.25, -0.2) is 0 Å². The van der Waals surface area contributed by atoms with Crippen molar-refractivity contribution in [2.24, 2.45) is 0 Å². The molecule has 2 atom stereocenters. The van der Waals surface area contributed by atoms with Crippen LogP contribution in [0.5, 0.6) is 0 Å². The minimum atomic E-state index is -0.428. The molecule has 0 bridgehead atoms. The van der Waals surface area contributed by atoms with E-state index in [1.807, 2.05) is 6.92 Å². The number of nitrogens with zero attached hydrogens (tertiary/aromatic N) is 1. The molecule has 2 aliphatic rings. The fourth-order valence-electron chi connectivity index (χ4n) is 3.42. The molecule has 116 valence electrons. The van der Waals surface area contributed by atoms with Gasteiger partial charge in [-0.2, -0.15) is 0 Å². The van der Waals surface area contributed by atoms with Gasteiger partial charge in [0.25, 0.3) is 0 Å². The molecule has 4 nitrogen and oxygen atoms in total. The van der Waals surface area contributed by atoms with Crippen LogP contribution in [0, 0.1) is 0 Å². The largest absolute Gasteiger partial charge is 0.465 e. The minimum Gasteiger partial charge on any atom is -0.465 e. The number of hydrogen-bond donors (Lipinski definition) is 1. The quantitative estimate of drug-likeness (QED) is 0.728. The summed E-state index contributed by atoms with van der Waals surface area (Å²) in [6, 6.07) is 1.04. The van der Waals surface area contributed by atoms with Gasteiger partial charge in [0, 0.05) is 12.1 Å². The second-order valence-corrected chi connectivity index (χ2v) is 6.45. The van der Waals surface area contributed by atoms with Crippen molar-refractivity contribution in [1.82, 2.24) is 10.2 Å². The molecule has 2 aliphatic carbocycles. The number of esters is 1. The highest BCUT2D eigenvalue weighted by Crippen LogP contribution is 2.35. The predicted molar refractivity (Wildman–Crippen MR) is 80.7 cm³/mol. The Balaban J connectivity index is 2.06. The van der Waals surface area contributed by atoms with E-state index in [1.54, 1.807) is 0 Å². The molecule has 0 amide bonds. The van der Waals surface area contributed by atoms with Crippen LogP contribution in [0.2, 0.25) is 0 Å². The Bertz CT molecular complexity index is 330. The summed E-state index contributed by atoms with van der Waals surface area (Å²) in [5.41, 5.74) is -0.428. The van der Waals surface area contributed by atoms with Crippen molar-refractivity contribution in [3.63, 3.8) is 0 Å². The molecule has 0 radical (unpaired) electrons. The van der Waals surface area contributed by atoms with Crippen LogP contribution in [0.15, 0.2) is 0 Å². The lowest BCUT2D eigenvalue weighted by atomic mass is 9.78. The molecule has 4 heteroatoms. The maximum atomic E-state index is 12.5. The average molecular weight is 282 g/mol. The fraction of sp³-hybridized carbons (Fsp3) is 0.938. The van der Waals surface area contributed by atoms with Gasteiger partial charge in [0.2, 0.25) is 0 Å². The maximum absolute atomic E-state index is 12.5. The summed E-state index contributed by atoms with van der Waals surface area (Å²) >= 11 is 0. The molecule has 0 aromatic carbocycles. The van der Waals surface area contributed by atoms with E-state index < -0.39 is 5.54 Å². The summed E-state index contributed by atoms with van der Waals surface area (Å²) in [5, 5.41) is 3.62. The summed E-state index contributed by atoms with van der Waals surface area (Å²) < 4.78 is 5.38. The number of ether oxygens (including phenoxy) is 1. The van der Waals surface area contributed by atoms with Gasteiger partial charge in [-0.05, 0) is 65.5 Å². The van der Waals surface area contributed by atoms with E-state index in [4.69, 9.17) is 4.74 Å². The van der Waals surface area contributed by atoms with Crippen LogP contribution in [0.25, 0.3) is 0 Å². The SMILES string of the molecule is CCCN(C)C1CCCC(NC2CC2)(C(=O)OCC)C1. The van der Waals surface area contributed by atoms with Crippen molar-refractivity contribution in [3.8, 4) is 0 Å². The lowest BCUT2D eigenvalue weighted by Crippen LogP contribution is -2.59. The van der Waals surface area contributed by atoms with Crippen molar-refractivity contribution in [1.29, 1.82) is 0 Å². The zero-order valence-corrected chi connectivity index (χ0v) is 13.3. The topological polar surface area (TPSA) is 41.6 Å². The molecule has 0 aliphatic heterocycles. The van der Waals surface area contributed by atoms with Gasteiger partial charge in [0.05, 0.1) is 6.61 Å². The van der Waals surface area contributed by atoms with Crippen molar-refractivity contribution < 1.29 is 9.53 Å². The molecule has 2 rings (SSSR count). The minimum absolute atomic E-state index is 0.0264. The molecule has 0 heterocycles. The Morgan fingerprint density at radius 3 is 2.70 bits per heavy atom. The molecule has 0 saturated heterocycles. The van der Waals surface area contributed by atoms with Crippen molar-refractivity contribution in [2.45, 2.75) is 76.4 Å². The summed E-state index contributed by atoms with van der Waals surface area (Å²) in [5.74, 6) is -0.0264. The normalized spacial score (nSPS) is 30.5. The second-order valence-electron chi connectivity index (χ2n) is 6.45. The van der Waals surface area contributed by atoms with Crippen LogP contribution in [0.3, 0.4) is 0 Å². The summed E-state index contributed by atoms with van der Waals surface area (Å²) in [4.78, 5) is 14.9. The van der Waals surface area contributed by atoms with E-state index >= 15 is 0 Å². The number of hydrogen-bond acceptors (Lipinski definition) is 4. The number of nitrogens with one attached hydrogen (secondary N) is 1. The predicted octanol–water partition coefficient (Wildman–Crippen LogP) is 2.32. The number of rotatable bonds is 7. The van der Waals surface area contributed by atoms with Gasteiger partial charge in [0.15, 0.2) is 0 Å². The highest BCUT2D eigenvalue weighted by Gasteiger charge is 2.47. The second kappa shape index (κ2) is 6.90.